The van der Waals surface area contributed by atoms with E-state index in [2.05, 4.69) is 5.32 Å². The molecule has 0 amide bonds. The second-order valence-corrected chi connectivity index (χ2v) is 3.78. The molecule has 0 aromatic heterocycles. The van der Waals surface area contributed by atoms with Gasteiger partial charge in [0, 0.05) is 0 Å². The van der Waals surface area contributed by atoms with Gasteiger partial charge in [-0.15, -0.1) is 0 Å². The Morgan fingerprint density at radius 2 is 1.33 bits per heavy atom. The molecule has 1 heteroatoms. The van der Waals surface area contributed by atoms with Crippen molar-refractivity contribution in [2.45, 2.75) is 46.0 Å². The summed E-state index contributed by atoms with van der Waals surface area (Å²) in [7, 11) is 0. The van der Waals surface area contributed by atoms with Gasteiger partial charge in [-0.25, -0.2) is 0 Å². The van der Waals surface area contributed by atoms with Crippen LogP contribution in [0.15, 0.2) is 0 Å². The molecule has 2 rings (SSSR count). The monoisotopic (exact) mass is 169 g/mol. The molecule has 72 valence electrons. The van der Waals surface area contributed by atoms with Crippen molar-refractivity contribution in [3.05, 3.63) is 0 Å². The standard InChI is InChI=1S/C9H17N.C2H6/c1-2-8(3-1)9-4-6-10-7-5-9;1-2/h8-10H,1-7H2;1-2H3. The Hall–Kier alpha value is -0.0400. The summed E-state index contributed by atoms with van der Waals surface area (Å²) in [5, 5.41) is 3.42. The zero-order valence-corrected chi connectivity index (χ0v) is 8.60. The van der Waals surface area contributed by atoms with E-state index < -0.39 is 0 Å². The largest absolute Gasteiger partial charge is 0.317 e. The van der Waals surface area contributed by atoms with Gasteiger partial charge in [-0.2, -0.15) is 0 Å². The Bertz CT molecular complexity index is 102. The summed E-state index contributed by atoms with van der Waals surface area (Å²) in [5.41, 5.74) is 0. The predicted octanol–water partition coefficient (Wildman–Crippen LogP) is 2.81. The van der Waals surface area contributed by atoms with Gasteiger partial charge < -0.3 is 5.32 Å². The van der Waals surface area contributed by atoms with E-state index in [9.17, 15) is 0 Å². The lowest BCUT2D eigenvalue weighted by atomic mass is 9.72. The lowest BCUT2D eigenvalue weighted by Crippen LogP contribution is -2.33. The molecular weight excluding hydrogens is 146 g/mol. The highest BCUT2D eigenvalue weighted by Gasteiger charge is 2.27. The maximum Gasteiger partial charge on any atom is -0.00462 e. The van der Waals surface area contributed by atoms with E-state index in [0.717, 1.165) is 11.8 Å². The second-order valence-electron chi connectivity index (χ2n) is 3.78. The summed E-state index contributed by atoms with van der Waals surface area (Å²) < 4.78 is 0. The maximum absolute atomic E-state index is 3.42. The fourth-order valence-electron chi connectivity index (χ4n) is 2.23. The van der Waals surface area contributed by atoms with Gasteiger partial charge in [0.25, 0.3) is 0 Å². The van der Waals surface area contributed by atoms with Crippen LogP contribution in [0.4, 0.5) is 0 Å². The Balaban J connectivity index is 0.000000336. The minimum atomic E-state index is 1.09. The molecule has 1 heterocycles. The molecule has 0 radical (unpaired) electrons. The molecule has 0 spiro atoms. The number of nitrogens with one attached hydrogen (secondary N) is 1. The zero-order valence-electron chi connectivity index (χ0n) is 8.60. The van der Waals surface area contributed by atoms with E-state index in [1.165, 1.54) is 45.2 Å². The van der Waals surface area contributed by atoms with Crippen LogP contribution in [0, 0.1) is 11.8 Å². The van der Waals surface area contributed by atoms with E-state index in [4.69, 9.17) is 0 Å². The summed E-state index contributed by atoms with van der Waals surface area (Å²) in [6, 6.07) is 0. The van der Waals surface area contributed by atoms with Crippen molar-refractivity contribution in [1.29, 1.82) is 0 Å². The minimum Gasteiger partial charge on any atom is -0.317 e. The molecule has 0 atom stereocenters. The number of hydrogen-bond acceptors (Lipinski definition) is 1. The van der Waals surface area contributed by atoms with E-state index in [0.29, 0.717) is 0 Å². The van der Waals surface area contributed by atoms with Crippen LogP contribution in [0.3, 0.4) is 0 Å². The van der Waals surface area contributed by atoms with Gasteiger partial charge in [-0.1, -0.05) is 33.1 Å². The molecule has 1 aliphatic heterocycles. The first kappa shape index (κ1) is 10.0. The topological polar surface area (TPSA) is 12.0 Å². The smallest absolute Gasteiger partial charge is 0.00462 e. The quantitative estimate of drug-likeness (QED) is 0.636. The molecule has 0 bridgehead atoms. The lowest BCUT2D eigenvalue weighted by molar-refractivity contribution is 0.168. The van der Waals surface area contributed by atoms with E-state index >= 15 is 0 Å². The molecule has 2 fully saturated rings. The third-order valence-corrected chi connectivity index (χ3v) is 3.20. The third-order valence-electron chi connectivity index (χ3n) is 3.20. The van der Waals surface area contributed by atoms with Gasteiger partial charge >= 0.3 is 0 Å². The first-order chi connectivity index (χ1) is 5.97. The first-order valence-corrected chi connectivity index (χ1v) is 5.67. The first-order valence-electron chi connectivity index (χ1n) is 5.67. The molecule has 1 N–H and O–H groups in total. The molecule has 1 nitrogen and oxygen atoms in total. The van der Waals surface area contributed by atoms with Gasteiger partial charge in [-0.3, -0.25) is 0 Å². The molecule has 2 aliphatic rings. The van der Waals surface area contributed by atoms with Crippen LogP contribution in [0.5, 0.6) is 0 Å². The van der Waals surface area contributed by atoms with Crippen molar-refractivity contribution in [2.75, 3.05) is 13.1 Å². The molecular formula is C11H23N. The van der Waals surface area contributed by atoms with Crippen molar-refractivity contribution >= 4 is 0 Å². The highest BCUT2D eigenvalue weighted by atomic mass is 14.9. The van der Waals surface area contributed by atoms with Crippen LogP contribution in [0.1, 0.15) is 46.0 Å². The summed E-state index contributed by atoms with van der Waals surface area (Å²) in [6.07, 6.45) is 7.47. The van der Waals surface area contributed by atoms with Crippen LogP contribution < -0.4 is 5.32 Å². The van der Waals surface area contributed by atoms with Crippen LogP contribution in [0.2, 0.25) is 0 Å². The summed E-state index contributed by atoms with van der Waals surface area (Å²) >= 11 is 0. The van der Waals surface area contributed by atoms with Gasteiger partial charge in [0.1, 0.15) is 0 Å². The fourth-order valence-corrected chi connectivity index (χ4v) is 2.23. The average Bonchev–Trinajstić information content (AvgIpc) is 2.07. The van der Waals surface area contributed by atoms with Crippen molar-refractivity contribution in [3.8, 4) is 0 Å². The fraction of sp³-hybridized carbons (Fsp3) is 1.00. The molecule has 12 heavy (non-hydrogen) atoms. The average molecular weight is 169 g/mol. The van der Waals surface area contributed by atoms with E-state index in [1.807, 2.05) is 13.8 Å². The van der Waals surface area contributed by atoms with Gasteiger partial charge in [0.05, 0.1) is 0 Å². The number of hydrogen-bond donors (Lipinski definition) is 1. The summed E-state index contributed by atoms with van der Waals surface area (Å²) in [5.74, 6) is 2.22. The van der Waals surface area contributed by atoms with Crippen molar-refractivity contribution in [1.82, 2.24) is 5.32 Å². The summed E-state index contributed by atoms with van der Waals surface area (Å²) in [6.45, 7) is 6.56. The third kappa shape index (κ3) is 2.48. The van der Waals surface area contributed by atoms with Crippen molar-refractivity contribution in [3.63, 3.8) is 0 Å². The highest BCUT2D eigenvalue weighted by Crippen LogP contribution is 2.37. The highest BCUT2D eigenvalue weighted by molar-refractivity contribution is 4.80. The SMILES string of the molecule is C1CC(C2CCNCC2)C1.CC. The number of rotatable bonds is 1. The van der Waals surface area contributed by atoms with Gasteiger partial charge in [0.2, 0.25) is 0 Å². The zero-order chi connectivity index (χ0) is 8.81. The van der Waals surface area contributed by atoms with Crippen LogP contribution in [0.25, 0.3) is 0 Å². The molecule has 0 aromatic carbocycles. The minimum absolute atomic E-state index is 1.09. The van der Waals surface area contributed by atoms with E-state index in [1.54, 1.807) is 0 Å². The van der Waals surface area contributed by atoms with Crippen LogP contribution >= 0.6 is 0 Å². The maximum atomic E-state index is 3.42. The molecule has 0 unspecified atom stereocenters. The summed E-state index contributed by atoms with van der Waals surface area (Å²) in [4.78, 5) is 0. The molecule has 1 saturated carbocycles. The predicted molar refractivity (Wildman–Crippen MR) is 54.3 cm³/mol. The van der Waals surface area contributed by atoms with Crippen molar-refractivity contribution < 1.29 is 0 Å². The number of piperidine rings is 1. The normalized spacial score (nSPS) is 25.5. The molecule has 1 saturated heterocycles. The van der Waals surface area contributed by atoms with Gasteiger partial charge in [0.15, 0.2) is 0 Å². The van der Waals surface area contributed by atoms with E-state index in [-0.39, 0.29) is 0 Å². The Morgan fingerprint density at radius 3 is 1.75 bits per heavy atom. The second kappa shape index (κ2) is 5.58. The Labute approximate surface area is 76.9 Å². The lowest BCUT2D eigenvalue weighted by Gasteiger charge is -2.36. The Kier molecular flexibility index (Phi) is 4.67. The Morgan fingerprint density at radius 1 is 0.833 bits per heavy atom. The van der Waals surface area contributed by atoms with Crippen LogP contribution in [-0.2, 0) is 0 Å². The van der Waals surface area contributed by atoms with Crippen LogP contribution in [-0.4, -0.2) is 13.1 Å². The van der Waals surface area contributed by atoms with Crippen molar-refractivity contribution in [2.24, 2.45) is 11.8 Å². The molecule has 0 aromatic rings. The van der Waals surface area contributed by atoms with Gasteiger partial charge in [-0.05, 0) is 37.8 Å². The molecule has 1 aliphatic carbocycles.